The van der Waals surface area contributed by atoms with E-state index in [-0.39, 0.29) is 11.9 Å². The van der Waals surface area contributed by atoms with Crippen LogP contribution in [0.2, 0.25) is 0 Å². The van der Waals surface area contributed by atoms with Crippen LogP contribution in [0.4, 0.5) is 5.82 Å². The molecule has 7 nitrogen and oxygen atoms in total. The van der Waals surface area contributed by atoms with Gasteiger partial charge in [0.05, 0.1) is 19.0 Å². The lowest BCUT2D eigenvalue weighted by molar-refractivity contribution is -0.127. The van der Waals surface area contributed by atoms with Crippen LogP contribution in [-0.4, -0.2) is 51.4 Å². The lowest BCUT2D eigenvalue weighted by Gasteiger charge is -2.32. The number of anilines is 1. The third-order valence-electron chi connectivity index (χ3n) is 5.20. The lowest BCUT2D eigenvalue weighted by Crippen LogP contribution is -2.44. The number of aromatic nitrogens is 3. The molecule has 1 unspecified atom stereocenters. The molecule has 1 fully saturated rings. The summed E-state index contributed by atoms with van der Waals surface area (Å²) in [4.78, 5) is 23.2. The molecule has 0 radical (unpaired) electrons. The molecule has 0 saturated carbocycles. The number of ether oxygens (including phenoxy) is 1. The number of nitrogens with zero attached hydrogens (tertiary/aromatic N) is 4. The number of likely N-dealkylation sites (tertiary alicyclic amines) is 1. The van der Waals surface area contributed by atoms with Gasteiger partial charge in [-0.1, -0.05) is 6.08 Å². The maximum absolute atomic E-state index is 12.2. The van der Waals surface area contributed by atoms with Gasteiger partial charge in [-0.15, -0.1) is 0 Å². The minimum Gasteiger partial charge on any atom is -0.497 e. The number of amides is 1. The van der Waals surface area contributed by atoms with Gasteiger partial charge >= 0.3 is 0 Å². The van der Waals surface area contributed by atoms with Crippen molar-refractivity contribution in [3.05, 3.63) is 55.0 Å². The first-order valence-electron chi connectivity index (χ1n) is 9.84. The number of nitrogens with one attached hydrogen (secondary N) is 1. The Morgan fingerprint density at radius 3 is 2.86 bits per heavy atom. The summed E-state index contributed by atoms with van der Waals surface area (Å²) in [6, 6.07) is 8.06. The molecule has 3 aromatic rings. The Morgan fingerprint density at radius 2 is 2.10 bits per heavy atom. The van der Waals surface area contributed by atoms with E-state index in [0.717, 1.165) is 47.9 Å². The van der Waals surface area contributed by atoms with Crippen LogP contribution < -0.4 is 10.1 Å². The summed E-state index contributed by atoms with van der Waals surface area (Å²) in [5, 5.41) is 3.50. The van der Waals surface area contributed by atoms with E-state index in [0.29, 0.717) is 6.54 Å². The highest BCUT2D eigenvalue weighted by atomic mass is 16.5. The van der Waals surface area contributed by atoms with Gasteiger partial charge in [0.1, 0.15) is 5.75 Å². The molecule has 0 bridgehead atoms. The molecular weight excluding hydrogens is 366 g/mol. The largest absolute Gasteiger partial charge is 0.497 e. The Bertz CT molecular complexity index is 1030. The van der Waals surface area contributed by atoms with Gasteiger partial charge in [0, 0.05) is 37.1 Å². The van der Waals surface area contributed by atoms with E-state index in [1.54, 1.807) is 25.5 Å². The average molecular weight is 391 g/mol. The van der Waals surface area contributed by atoms with Gasteiger partial charge in [-0.3, -0.25) is 9.20 Å². The van der Waals surface area contributed by atoms with Crippen LogP contribution in [0.25, 0.3) is 16.9 Å². The van der Waals surface area contributed by atoms with Gasteiger partial charge < -0.3 is 15.0 Å². The maximum Gasteiger partial charge on any atom is 0.246 e. The first kappa shape index (κ1) is 19.0. The number of benzene rings is 1. The molecule has 0 spiro atoms. The third kappa shape index (κ3) is 3.94. The fourth-order valence-corrected chi connectivity index (χ4v) is 3.73. The number of fused-ring (bicyclic) bond motifs is 1. The zero-order valence-electron chi connectivity index (χ0n) is 16.7. The molecule has 4 rings (SSSR count). The molecule has 3 heterocycles. The van der Waals surface area contributed by atoms with Crippen LogP contribution in [0.1, 0.15) is 19.8 Å². The molecule has 1 atom stereocenters. The van der Waals surface area contributed by atoms with E-state index >= 15 is 0 Å². The molecule has 150 valence electrons. The van der Waals surface area contributed by atoms with E-state index in [4.69, 9.17) is 4.74 Å². The Kier molecular flexibility index (Phi) is 5.46. The van der Waals surface area contributed by atoms with Gasteiger partial charge in [0.25, 0.3) is 0 Å². The second-order valence-corrected chi connectivity index (χ2v) is 7.11. The molecule has 7 heteroatoms. The number of piperidine rings is 1. The molecule has 29 heavy (non-hydrogen) atoms. The number of methoxy groups -OCH3 is 1. The second-order valence-electron chi connectivity index (χ2n) is 7.11. The summed E-state index contributed by atoms with van der Waals surface area (Å²) in [7, 11) is 1.66. The van der Waals surface area contributed by atoms with Crippen molar-refractivity contribution >= 4 is 17.4 Å². The Labute approximate surface area is 170 Å². The summed E-state index contributed by atoms with van der Waals surface area (Å²) in [6.07, 6.45) is 10.9. The van der Waals surface area contributed by atoms with E-state index in [2.05, 4.69) is 15.3 Å². The SMILES string of the molecule is C/C=C/C(=O)N1CCCC(Nc2nccn3c(-c4ccc(OC)cc4)cnc23)C1. The molecule has 1 amide bonds. The van der Waals surface area contributed by atoms with Gasteiger partial charge in [-0.2, -0.15) is 0 Å². The molecule has 1 aliphatic heterocycles. The zero-order chi connectivity index (χ0) is 20.2. The van der Waals surface area contributed by atoms with Crippen molar-refractivity contribution in [2.45, 2.75) is 25.8 Å². The van der Waals surface area contributed by atoms with Crippen molar-refractivity contribution in [2.24, 2.45) is 0 Å². The smallest absolute Gasteiger partial charge is 0.246 e. The summed E-state index contributed by atoms with van der Waals surface area (Å²) in [6.45, 7) is 3.32. The zero-order valence-corrected chi connectivity index (χ0v) is 16.7. The van der Waals surface area contributed by atoms with Crippen molar-refractivity contribution < 1.29 is 9.53 Å². The van der Waals surface area contributed by atoms with Crippen LogP contribution in [0, 0.1) is 0 Å². The average Bonchev–Trinajstić information content (AvgIpc) is 3.19. The topological polar surface area (TPSA) is 71.8 Å². The number of hydrogen-bond acceptors (Lipinski definition) is 5. The monoisotopic (exact) mass is 391 g/mol. The van der Waals surface area contributed by atoms with Crippen LogP contribution in [0.5, 0.6) is 5.75 Å². The van der Waals surface area contributed by atoms with Crippen LogP contribution in [0.15, 0.2) is 55.0 Å². The van der Waals surface area contributed by atoms with Gasteiger partial charge in [0.15, 0.2) is 11.5 Å². The Morgan fingerprint density at radius 1 is 1.28 bits per heavy atom. The predicted molar refractivity (Wildman–Crippen MR) is 113 cm³/mol. The number of carbonyl (C=O) groups excluding carboxylic acids is 1. The molecule has 1 aromatic carbocycles. The first-order chi connectivity index (χ1) is 14.2. The highest BCUT2D eigenvalue weighted by molar-refractivity contribution is 5.87. The molecular formula is C22H25N5O2. The number of imidazole rings is 1. The standard InChI is InChI=1S/C22H25N5O2/c1-3-5-20(28)26-12-4-6-17(15-26)25-21-22-24-14-19(27(22)13-11-23-21)16-7-9-18(29-2)10-8-16/h3,5,7-11,13-14,17H,4,6,12,15H2,1-2H3,(H,23,25)/b5-3+. The summed E-state index contributed by atoms with van der Waals surface area (Å²) in [5.41, 5.74) is 2.81. The first-order valence-corrected chi connectivity index (χ1v) is 9.84. The second kappa shape index (κ2) is 8.34. The number of hydrogen-bond donors (Lipinski definition) is 1. The normalized spacial score (nSPS) is 17.0. The van der Waals surface area contributed by atoms with Crippen LogP contribution in [0.3, 0.4) is 0 Å². The van der Waals surface area contributed by atoms with E-state index in [9.17, 15) is 4.79 Å². The highest BCUT2D eigenvalue weighted by Gasteiger charge is 2.23. The minimum absolute atomic E-state index is 0.0628. The molecule has 0 aliphatic carbocycles. The summed E-state index contributed by atoms with van der Waals surface area (Å²) < 4.78 is 7.27. The van der Waals surface area contributed by atoms with Crippen LogP contribution >= 0.6 is 0 Å². The summed E-state index contributed by atoms with van der Waals surface area (Å²) in [5.74, 6) is 1.62. The molecule has 2 aromatic heterocycles. The van der Waals surface area contributed by atoms with Gasteiger partial charge in [-0.05, 0) is 50.1 Å². The van der Waals surface area contributed by atoms with Crippen molar-refractivity contribution in [3.63, 3.8) is 0 Å². The number of rotatable bonds is 5. The van der Waals surface area contributed by atoms with Gasteiger partial charge in [0.2, 0.25) is 5.91 Å². The maximum atomic E-state index is 12.2. The van der Waals surface area contributed by atoms with E-state index in [1.807, 2.05) is 52.9 Å². The summed E-state index contributed by atoms with van der Waals surface area (Å²) >= 11 is 0. The molecule has 1 aliphatic rings. The van der Waals surface area contributed by atoms with E-state index in [1.165, 1.54) is 0 Å². The predicted octanol–water partition coefficient (Wildman–Crippen LogP) is 3.38. The van der Waals surface area contributed by atoms with Crippen molar-refractivity contribution in [1.29, 1.82) is 0 Å². The number of allylic oxidation sites excluding steroid dienone is 1. The van der Waals surface area contributed by atoms with Crippen LogP contribution in [-0.2, 0) is 4.79 Å². The fourth-order valence-electron chi connectivity index (χ4n) is 3.73. The highest BCUT2D eigenvalue weighted by Crippen LogP contribution is 2.26. The Balaban J connectivity index is 1.57. The van der Waals surface area contributed by atoms with Crippen molar-refractivity contribution in [3.8, 4) is 17.0 Å². The molecule has 1 N–H and O–H groups in total. The minimum atomic E-state index is 0.0628. The number of carbonyl (C=O) groups is 1. The quantitative estimate of drug-likeness (QED) is 0.675. The third-order valence-corrected chi connectivity index (χ3v) is 5.20. The lowest BCUT2D eigenvalue weighted by atomic mass is 10.1. The Hall–Kier alpha value is -3.35. The van der Waals surface area contributed by atoms with Gasteiger partial charge in [-0.25, -0.2) is 9.97 Å². The fraction of sp³-hybridized carbons (Fsp3) is 0.318. The van der Waals surface area contributed by atoms with E-state index < -0.39 is 0 Å². The van der Waals surface area contributed by atoms with Crippen molar-refractivity contribution in [1.82, 2.24) is 19.3 Å². The van der Waals surface area contributed by atoms with Crippen molar-refractivity contribution in [2.75, 3.05) is 25.5 Å². The molecule has 1 saturated heterocycles.